The second kappa shape index (κ2) is 9.28. The second-order valence-corrected chi connectivity index (χ2v) is 7.24. The number of esters is 1. The Hall–Kier alpha value is -2.73. The standard InChI is InChI=1S/C21H22N2O3S/c1-2-23(14-16-8-4-3-5-9-16)20(24)15-26-21(25)13-12-19-22-17-10-6-7-11-18(17)27-19/h3-11H,2,12-15H2,1H3. The van der Waals surface area contributed by atoms with E-state index in [2.05, 4.69) is 4.98 Å². The third-order valence-corrected chi connectivity index (χ3v) is 5.28. The van der Waals surface area contributed by atoms with Crippen LogP contribution in [0.15, 0.2) is 54.6 Å². The highest BCUT2D eigenvalue weighted by atomic mass is 32.1. The van der Waals surface area contributed by atoms with Crippen molar-refractivity contribution in [3.63, 3.8) is 0 Å². The molecule has 0 saturated heterocycles. The van der Waals surface area contributed by atoms with Crippen molar-refractivity contribution < 1.29 is 14.3 Å². The number of amides is 1. The third kappa shape index (κ3) is 5.37. The summed E-state index contributed by atoms with van der Waals surface area (Å²) in [5.41, 5.74) is 2.00. The van der Waals surface area contributed by atoms with Crippen LogP contribution in [0.4, 0.5) is 0 Å². The predicted molar refractivity (Wildman–Crippen MR) is 106 cm³/mol. The summed E-state index contributed by atoms with van der Waals surface area (Å²) < 4.78 is 6.27. The zero-order chi connectivity index (χ0) is 19.1. The lowest BCUT2D eigenvalue weighted by Crippen LogP contribution is -2.34. The number of hydrogen-bond donors (Lipinski definition) is 0. The minimum Gasteiger partial charge on any atom is -0.456 e. The predicted octanol–water partition coefficient (Wildman–Crippen LogP) is 3.82. The third-order valence-electron chi connectivity index (χ3n) is 4.19. The van der Waals surface area contributed by atoms with E-state index < -0.39 is 0 Å². The maximum Gasteiger partial charge on any atom is 0.306 e. The molecule has 0 fully saturated rings. The van der Waals surface area contributed by atoms with Gasteiger partial charge in [-0.05, 0) is 24.6 Å². The summed E-state index contributed by atoms with van der Waals surface area (Å²) in [6.07, 6.45) is 0.742. The number of rotatable bonds is 8. The molecule has 1 heterocycles. The molecule has 27 heavy (non-hydrogen) atoms. The van der Waals surface area contributed by atoms with Gasteiger partial charge in [0.25, 0.3) is 5.91 Å². The van der Waals surface area contributed by atoms with Gasteiger partial charge in [-0.25, -0.2) is 4.98 Å². The van der Waals surface area contributed by atoms with E-state index >= 15 is 0 Å². The highest BCUT2D eigenvalue weighted by molar-refractivity contribution is 7.18. The molecule has 0 atom stereocenters. The molecular weight excluding hydrogens is 360 g/mol. The monoisotopic (exact) mass is 382 g/mol. The summed E-state index contributed by atoms with van der Waals surface area (Å²) in [4.78, 5) is 30.5. The summed E-state index contributed by atoms with van der Waals surface area (Å²) in [6, 6.07) is 17.7. The molecule has 0 bridgehead atoms. The van der Waals surface area contributed by atoms with Gasteiger partial charge in [-0.1, -0.05) is 42.5 Å². The van der Waals surface area contributed by atoms with Crippen LogP contribution < -0.4 is 0 Å². The molecule has 0 spiro atoms. The van der Waals surface area contributed by atoms with Crippen molar-refractivity contribution in [2.75, 3.05) is 13.2 Å². The summed E-state index contributed by atoms with van der Waals surface area (Å²) in [6.45, 7) is 2.77. The van der Waals surface area contributed by atoms with Gasteiger partial charge in [0, 0.05) is 19.5 Å². The SMILES string of the molecule is CCN(Cc1ccccc1)C(=O)COC(=O)CCc1nc2ccccc2s1. The number of ether oxygens (including phenoxy) is 1. The number of aryl methyl sites for hydroxylation is 1. The van der Waals surface area contributed by atoms with Gasteiger partial charge < -0.3 is 9.64 Å². The zero-order valence-corrected chi connectivity index (χ0v) is 16.1. The topological polar surface area (TPSA) is 59.5 Å². The van der Waals surface area contributed by atoms with Crippen molar-refractivity contribution in [1.82, 2.24) is 9.88 Å². The average Bonchev–Trinajstić information content (AvgIpc) is 3.12. The molecule has 2 aromatic carbocycles. The molecule has 0 aliphatic heterocycles. The summed E-state index contributed by atoms with van der Waals surface area (Å²) >= 11 is 1.58. The van der Waals surface area contributed by atoms with Crippen LogP contribution in [0.2, 0.25) is 0 Å². The van der Waals surface area contributed by atoms with Gasteiger partial charge in [0.2, 0.25) is 0 Å². The number of hydrogen-bond acceptors (Lipinski definition) is 5. The van der Waals surface area contributed by atoms with E-state index in [9.17, 15) is 9.59 Å². The number of aromatic nitrogens is 1. The van der Waals surface area contributed by atoms with Crippen LogP contribution in [0.3, 0.4) is 0 Å². The molecule has 3 aromatic rings. The van der Waals surface area contributed by atoms with E-state index in [-0.39, 0.29) is 24.9 Å². The Kier molecular flexibility index (Phi) is 6.54. The van der Waals surface area contributed by atoms with Crippen LogP contribution in [0.25, 0.3) is 10.2 Å². The number of carbonyl (C=O) groups excluding carboxylic acids is 2. The fourth-order valence-corrected chi connectivity index (χ4v) is 3.69. The van der Waals surface area contributed by atoms with Crippen LogP contribution in [0, 0.1) is 0 Å². The largest absolute Gasteiger partial charge is 0.456 e. The summed E-state index contributed by atoms with van der Waals surface area (Å²) in [5.74, 6) is -0.562. The van der Waals surface area contributed by atoms with Crippen molar-refractivity contribution in [3.8, 4) is 0 Å². The lowest BCUT2D eigenvalue weighted by atomic mass is 10.2. The first-order valence-corrected chi connectivity index (χ1v) is 9.79. The number of carbonyl (C=O) groups is 2. The van der Waals surface area contributed by atoms with Gasteiger partial charge in [0.1, 0.15) is 0 Å². The number of para-hydroxylation sites is 1. The van der Waals surface area contributed by atoms with E-state index in [1.807, 2.05) is 61.5 Å². The first-order chi connectivity index (χ1) is 13.2. The van der Waals surface area contributed by atoms with E-state index in [4.69, 9.17) is 4.74 Å². The number of thiazole rings is 1. The Morgan fingerprint density at radius 3 is 2.56 bits per heavy atom. The van der Waals surface area contributed by atoms with Gasteiger partial charge in [0.15, 0.2) is 6.61 Å². The minimum absolute atomic E-state index is 0.185. The van der Waals surface area contributed by atoms with E-state index in [0.717, 1.165) is 20.8 Å². The number of nitrogens with zero attached hydrogens (tertiary/aromatic N) is 2. The number of fused-ring (bicyclic) bond motifs is 1. The molecule has 3 rings (SSSR count). The molecule has 6 heteroatoms. The Morgan fingerprint density at radius 1 is 1.07 bits per heavy atom. The Bertz CT molecular complexity index is 875. The van der Waals surface area contributed by atoms with Gasteiger partial charge in [-0.3, -0.25) is 9.59 Å². The fraction of sp³-hybridized carbons (Fsp3) is 0.286. The average molecular weight is 382 g/mol. The molecular formula is C21H22N2O3S. The Balaban J connectivity index is 1.45. The van der Waals surface area contributed by atoms with Gasteiger partial charge >= 0.3 is 5.97 Å². The zero-order valence-electron chi connectivity index (χ0n) is 15.3. The van der Waals surface area contributed by atoms with E-state index in [1.165, 1.54) is 0 Å². The maximum absolute atomic E-state index is 12.3. The van der Waals surface area contributed by atoms with Crippen molar-refractivity contribution in [3.05, 3.63) is 65.2 Å². The molecule has 140 valence electrons. The highest BCUT2D eigenvalue weighted by Gasteiger charge is 2.15. The van der Waals surface area contributed by atoms with Crippen molar-refractivity contribution >= 4 is 33.4 Å². The maximum atomic E-state index is 12.3. The van der Waals surface area contributed by atoms with Crippen LogP contribution >= 0.6 is 11.3 Å². The Labute approximate surface area is 162 Å². The molecule has 5 nitrogen and oxygen atoms in total. The van der Waals surface area contributed by atoms with Gasteiger partial charge in [0.05, 0.1) is 21.6 Å². The van der Waals surface area contributed by atoms with Crippen molar-refractivity contribution in [2.45, 2.75) is 26.3 Å². The van der Waals surface area contributed by atoms with E-state index in [1.54, 1.807) is 16.2 Å². The molecule has 0 saturated carbocycles. The molecule has 0 unspecified atom stereocenters. The molecule has 0 aliphatic rings. The smallest absolute Gasteiger partial charge is 0.306 e. The van der Waals surface area contributed by atoms with Crippen LogP contribution in [0.5, 0.6) is 0 Å². The van der Waals surface area contributed by atoms with Crippen molar-refractivity contribution in [2.24, 2.45) is 0 Å². The highest BCUT2D eigenvalue weighted by Crippen LogP contribution is 2.22. The van der Waals surface area contributed by atoms with Gasteiger partial charge in [-0.2, -0.15) is 0 Å². The first kappa shape index (κ1) is 19.0. The molecule has 0 aliphatic carbocycles. The summed E-state index contributed by atoms with van der Waals surface area (Å²) in [7, 11) is 0. The number of benzene rings is 2. The van der Waals surface area contributed by atoms with Gasteiger partial charge in [-0.15, -0.1) is 11.3 Å². The Morgan fingerprint density at radius 2 is 1.81 bits per heavy atom. The summed E-state index contributed by atoms with van der Waals surface area (Å²) in [5, 5.41) is 0.902. The van der Waals surface area contributed by atoms with Crippen LogP contribution in [-0.2, 0) is 27.3 Å². The lowest BCUT2D eigenvalue weighted by Gasteiger charge is -2.20. The fourth-order valence-electron chi connectivity index (χ4n) is 2.72. The number of likely N-dealkylation sites (N-methyl/N-ethyl adjacent to an activating group) is 1. The molecule has 1 amide bonds. The quantitative estimate of drug-likeness (QED) is 0.556. The van der Waals surface area contributed by atoms with Crippen molar-refractivity contribution in [1.29, 1.82) is 0 Å². The normalized spacial score (nSPS) is 10.7. The minimum atomic E-state index is -0.377. The van der Waals surface area contributed by atoms with Crippen LogP contribution in [-0.4, -0.2) is 34.9 Å². The first-order valence-electron chi connectivity index (χ1n) is 8.97. The molecule has 0 radical (unpaired) electrons. The lowest BCUT2D eigenvalue weighted by molar-refractivity contribution is -0.152. The molecule has 0 N–H and O–H groups in total. The molecule has 1 aromatic heterocycles. The van der Waals surface area contributed by atoms with E-state index in [0.29, 0.717) is 19.5 Å². The van der Waals surface area contributed by atoms with Crippen LogP contribution in [0.1, 0.15) is 23.9 Å². The second-order valence-electron chi connectivity index (χ2n) is 6.13.